The maximum Gasteiger partial charge on any atom is 0.335 e. The monoisotopic (exact) mass is 632 g/mol. The molecule has 2 heterocycles. The van der Waals surface area contributed by atoms with E-state index in [9.17, 15) is 28.2 Å². The quantitative estimate of drug-likeness (QED) is 0.191. The minimum atomic E-state index is -2.57. The van der Waals surface area contributed by atoms with Crippen molar-refractivity contribution < 1.29 is 28.2 Å². The van der Waals surface area contributed by atoms with E-state index in [0.717, 1.165) is 29.6 Å². The third-order valence-corrected chi connectivity index (χ3v) is 8.24. The Labute approximate surface area is 265 Å². The van der Waals surface area contributed by atoms with Gasteiger partial charge in [0.15, 0.2) is 0 Å². The summed E-state index contributed by atoms with van der Waals surface area (Å²) in [6, 6.07) is 25.6. The minimum Gasteiger partial charge on any atom is -0.478 e. The molecule has 11 heteroatoms. The molecule has 0 spiro atoms. The van der Waals surface area contributed by atoms with Gasteiger partial charge in [-0.15, -0.1) is 4.36 Å². The Hall–Kier alpha value is -4.32. The number of carbonyl (C=O) groups excluding carboxylic acids is 1. The maximum absolute atomic E-state index is 12.1. The van der Waals surface area contributed by atoms with Gasteiger partial charge in [-0.05, 0) is 68.7 Å². The Morgan fingerprint density at radius 1 is 1.00 bits per heavy atom. The summed E-state index contributed by atoms with van der Waals surface area (Å²) in [4.78, 5) is 25.5. The second-order valence-corrected chi connectivity index (χ2v) is 12.3. The number of benzene rings is 3. The number of likely N-dealkylation sites (tertiary alicyclic amines) is 1. The fourth-order valence-electron chi connectivity index (χ4n) is 5.35. The molecule has 1 atom stereocenters. The van der Waals surface area contributed by atoms with E-state index >= 15 is 0 Å². The van der Waals surface area contributed by atoms with E-state index in [1.165, 1.54) is 0 Å². The molecule has 1 saturated heterocycles. The van der Waals surface area contributed by atoms with Gasteiger partial charge in [-0.3, -0.25) is 4.79 Å². The summed E-state index contributed by atoms with van der Waals surface area (Å²) in [5.74, 6) is -0.798. The van der Waals surface area contributed by atoms with Crippen LogP contribution in [0.3, 0.4) is 0 Å². The molecule has 4 aromatic rings. The number of aliphatic hydroxyl groups is 1. The number of carbonyl (C=O) groups is 2. The van der Waals surface area contributed by atoms with Crippen LogP contribution in [0, 0.1) is 0 Å². The molecule has 238 valence electrons. The van der Waals surface area contributed by atoms with Crippen molar-refractivity contribution in [3.63, 3.8) is 0 Å². The van der Waals surface area contributed by atoms with E-state index in [4.69, 9.17) is 0 Å². The van der Waals surface area contributed by atoms with Crippen molar-refractivity contribution in [2.75, 3.05) is 19.6 Å². The molecule has 1 fully saturated rings. The minimum absolute atomic E-state index is 0.176. The van der Waals surface area contributed by atoms with Gasteiger partial charge in [0.2, 0.25) is 5.91 Å². The number of carboxylic acids is 1. The van der Waals surface area contributed by atoms with E-state index in [2.05, 4.69) is 14.2 Å². The average molecular weight is 633 g/mol. The molecule has 1 aliphatic rings. The van der Waals surface area contributed by atoms with E-state index in [1.54, 1.807) is 36.4 Å². The lowest BCUT2D eigenvalue weighted by Crippen LogP contribution is -2.42. The molecular formula is C34H40N4O6S. The van der Waals surface area contributed by atoms with Crippen molar-refractivity contribution in [2.45, 2.75) is 57.7 Å². The number of fused-ring (bicyclic) bond motifs is 1. The standard InChI is InChI=1S/C28H34N4O6S.C6H6/c1-28(2,29-18-25(33)19-5-3-6-22(16-19)30-39(37)38)11-14-32-23(10-13-31-12-4-7-26(31)34)17-21-15-20(27(35)36)8-9-24(21)32;1-2-4-6-5-3-1/h3,5-6,8-9,15-17,25,29,33H,4,7,10-14,18H2,1-2H3,(H,35,36);1-6H. The summed E-state index contributed by atoms with van der Waals surface area (Å²) in [7, 11) is -2.57. The Morgan fingerprint density at radius 3 is 2.33 bits per heavy atom. The highest BCUT2D eigenvalue weighted by atomic mass is 32.2. The molecule has 0 radical (unpaired) electrons. The lowest BCUT2D eigenvalue weighted by atomic mass is 9.99. The number of aryl methyl sites for hydroxylation is 1. The Balaban J connectivity index is 0.000000687. The average Bonchev–Trinajstić information content (AvgIpc) is 3.60. The fraction of sp³-hybridized carbons (Fsp3) is 0.353. The summed E-state index contributed by atoms with van der Waals surface area (Å²) in [6.07, 6.45) is 2.01. The van der Waals surface area contributed by atoms with Gasteiger partial charge in [0.05, 0.1) is 17.4 Å². The van der Waals surface area contributed by atoms with Crippen molar-refractivity contribution in [1.82, 2.24) is 14.8 Å². The van der Waals surface area contributed by atoms with Gasteiger partial charge in [0.1, 0.15) is 0 Å². The smallest absolute Gasteiger partial charge is 0.335 e. The number of hydrogen-bond donors (Lipinski definition) is 3. The van der Waals surface area contributed by atoms with Gasteiger partial charge in [-0.25, -0.2) is 4.79 Å². The largest absolute Gasteiger partial charge is 0.478 e. The SMILES string of the molecule is CC(C)(CCn1c(CCN2CCCC2=O)cc2cc(C(=O)O)ccc21)NCC(O)c1cccc(N=S(=O)=O)c1.c1ccccc1. The predicted molar refractivity (Wildman–Crippen MR) is 174 cm³/mol. The molecule has 1 aromatic heterocycles. The maximum atomic E-state index is 12.1. The van der Waals surface area contributed by atoms with Crippen LogP contribution in [-0.2, 0) is 28.3 Å². The van der Waals surface area contributed by atoms with Crippen LogP contribution in [-0.4, -0.2) is 65.1 Å². The molecule has 1 aliphatic heterocycles. The zero-order valence-electron chi connectivity index (χ0n) is 25.6. The van der Waals surface area contributed by atoms with Crippen LogP contribution in [0.5, 0.6) is 0 Å². The Kier molecular flexibility index (Phi) is 11.6. The van der Waals surface area contributed by atoms with E-state index in [1.807, 2.05) is 67.3 Å². The van der Waals surface area contributed by atoms with Crippen LogP contribution in [0.1, 0.15) is 60.8 Å². The lowest BCUT2D eigenvalue weighted by Gasteiger charge is -2.29. The van der Waals surface area contributed by atoms with Crippen LogP contribution in [0.2, 0.25) is 0 Å². The van der Waals surface area contributed by atoms with Crippen LogP contribution in [0.15, 0.2) is 89.3 Å². The molecule has 45 heavy (non-hydrogen) atoms. The third-order valence-electron chi connectivity index (χ3n) is 7.88. The van der Waals surface area contributed by atoms with Gasteiger partial charge in [-0.2, -0.15) is 8.42 Å². The summed E-state index contributed by atoms with van der Waals surface area (Å²) < 4.78 is 27.4. The lowest BCUT2D eigenvalue weighted by molar-refractivity contribution is -0.127. The second-order valence-electron chi connectivity index (χ2n) is 11.7. The third kappa shape index (κ3) is 9.84. The first kappa shape index (κ1) is 33.6. The van der Waals surface area contributed by atoms with Crippen molar-refractivity contribution >= 4 is 39.0 Å². The predicted octanol–water partition coefficient (Wildman–Crippen LogP) is 5.38. The second kappa shape index (κ2) is 15.6. The molecule has 5 rings (SSSR count). The number of nitrogens with zero attached hydrogens (tertiary/aromatic N) is 3. The number of amides is 1. The summed E-state index contributed by atoms with van der Waals surface area (Å²) in [5.41, 5.74) is 2.67. The van der Waals surface area contributed by atoms with Crippen molar-refractivity contribution in [1.29, 1.82) is 0 Å². The molecule has 0 bridgehead atoms. The van der Waals surface area contributed by atoms with E-state index in [0.29, 0.717) is 37.9 Å². The number of aromatic carboxylic acids is 1. The van der Waals surface area contributed by atoms with Crippen molar-refractivity contribution in [3.05, 3.63) is 102 Å². The van der Waals surface area contributed by atoms with Crippen molar-refractivity contribution in [2.24, 2.45) is 4.36 Å². The van der Waals surface area contributed by atoms with Gasteiger partial charge < -0.3 is 25.0 Å². The first-order valence-corrected chi connectivity index (χ1v) is 16.0. The number of β-amino-alcohol motifs (C(OH)–C–C–N with tert-alkyl or cyclic N) is 1. The van der Waals surface area contributed by atoms with Crippen LogP contribution < -0.4 is 5.32 Å². The fourth-order valence-corrected chi connectivity index (χ4v) is 5.64. The Bertz CT molecular complexity index is 1720. The molecule has 3 aromatic carbocycles. The molecule has 1 unspecified atom stereocenters. The first-order valence-electron chi connectivity index (χ1n) is 15.0. The highest BCUT2D eigenvalue weighted by Gasteiger charge is 2.23. The van der Waals surface area contributed by atoms with Gasteiger partial charge in [-0.1, -0.05) is 48.5 Å². The van der Waals surface area contributed by atoms with Gasteiger partial charge >= 0.3 is 16.5 Å². The van der Waals surface area contributed by atoms with Crippen LogP contribution in [0.25, 0.3) is 10.9 Å². The highest BCUT2D eigenvalue weighted by Crippen LogP contribution is 2.26. The van der Waals surface area contributed by atoms with Crippen LogP contribution >= 0.6 is 0 Å². The van der Waals surface area contributed by atoms with E-state index < -0.39 is 22.6 Å². The zero-order valence-corrected chi connectivity index (χ0v) is 26.4. The molecule has 3 N–H and O–H groups in total. The number of carboxylic acid groups (broad SMARTS) is 1. The topological polar surface area (TPSA) is 141 Å². The summed E-state index contributed by atoms with van der Waals surface area (Å²) >= 11 is 0. The zero-order chi connectivity index (χ0) is 32.4. The molecule has 0 aliphatic carbocycles. The Morgan fingerprint density at radius 2 is 1.71 bits per heavy atom. The van der Waals surface area contributed by atoms with Gasteiger partial charge in [0, 0.05) is 61.2 Å². The van der Waals surface area contributed by atoms with Crippen molar-refractivity contribution in [3.8, 4) is 0 Å². The number of aliphatic hydroxyl groups excluding tert-OH is 1. The molecular weight excluding hydrogens is 592 g/mol. The highest BCUT2D eigenvalue weighted by molar-refractivity contribution is 7.61. The number of rotatable bonds is 12. The normalized spacial score (nSPS) is 13.8. The molecule has 1 amide bonds. The molecule has 0 saturated carbocycles. The van der Waals surface area contributed by atoms with Crippen LogP contribution in [0.4, 0.5) is 5.69 Å². The summed E-state index contributed by atoms with van der Waals surface area (Å²) in [6.45, 7) is 6.40. The number of nitrogens with one attached hydrogen (secondary N) is 1. The first-order chi connectivity index (χ1) is 21.5. The number of aromatic nitrogens is 1. The van der Waals surface area contributed by atoms with Gasteiger partial charge in [0.25, 0.3) is 0 Å². The van der Waals surface area contributed by atoms with E-state index in [-0.39, 0.29) is 29.2 Å². The molecule has 10 nitrogen and oxygen atoms in total. The number of hydrogen-bond acceptors (Lipinski definition) is 7. The summed E-state index contributed by atoms with van der Waals surface area (Å²) in [5, 5.41) is 24.4.